The number of carbonyl (C=O) groups excluding carboxylic acids is 1. The molecular formula is C34H48ClN3O6S. The molecule has 2 heterocycles. The summed E-state index contributed by atoms with van der Waals surface area (Å²) in [4.78, 5) is 20.2. The van der Waals surface area contributed by atoms with Crippen LogP contribution in [0.3, 0.4) is 0 Å². The predicted octanol–water partition coefficient (Wildman–Crippen LogP) is 6.16. The van der Waals surface area contributed by atoms with E-state index in [-0.39, 0.29) is 30.7 Å². The molecule has 0 radical (unpaired) electrons. The maximum Gasteiger partial charge on any atom is 0.283 e. The second kappa shape index (κ2) is 16.3. The van der Waals surface area contributed by atoms with E-state index in [0.29, 0.717) is 48.1 Å². The highest BCUT2D eigenvalue weighted by atomic mass is 35.5. The van der Waals surface area contributed by atoms with Gasteiger partial charge in [-0.15, -0.1) is 0 Å². The molecule has 2 aromatic rings. The van der Waals surface area contributed by atoms with Gasteiger partial charge < -0.3 is 19.1 Å². The van der Waals surface area contributed by atoms with E-state index in [1.807, 2.05) is 12.1 Å². The van der Waals surface area contributed by atoms with Gasteiger partial charge >= 0.3 is 0 Å². The number of nitrogens with one attached hydrogen (secondary N) is 1. The second-order valence-electron chi connectivity index (χ2n) is 12.1. The summed E-state index contributed by atoms with van der Waals surface area (Å²) in [7, 11) is -0.645. The fourth-order valence-corrected chi connectivity index (χ4v) is 7.39. The summed E-state index contributed by atoms with van der Waals surface area (Å²) >= 11 is 6.40. The van der Waals surface area contributed by atoms with Gasteiger partial charge in [-0.1, -0.05) is 50.1 Å². The third kappa shape index (κ3) is 8.78. The van der Waals surface area contributed by atoms with Crippen LogP contribution in [0.4, 0.5) is 5.82 Å². The maximum absolute atomic E-state index is 13.2. The Labute approximate surface area is 273 Å². The first-order chi connectivity index (χ1) is 21.6. The van der Waals surface area contributed by atoms with E-state index in [1.54, 1.807) is 20.1 Å². The molecule has 248 valence electrons. The van der Waals surface area contributed by atoms with E-state index < -0.39 is 21.2 Å². The third-order valence-corrected chi connectivity index (χ3v) is 11.0. The normalized spacial score (nSPS) is 21.4. The first-order valence-corrected chi connectivity index (χ1v) is 18.0. The number of hydrogen-bond donors (Lipinski definition) is 1. The number of benzene rings is 1. The number of anilines is 1. The fourth-order valence-electron chi connectivity index (χ4n) is 6.23. The number of aryl methyl sites for hydroxylation is 1. The smallest absolute Gasteiger partial charge is 0.283 e. The Hall–Kier alpha value is -2.66. The van der Waals surface area contributed by atoms with Crippen LogP contribution in [-0.4, -0.2) is 71.2 Å². The Morgan fingerprint density at radius 1 is 1.22 bits per heavy atom. The van der Waals surface area contributed by atoms with Crippen molar-refractivity contribution in [2.24, 2.45) is 11.8 Å². The maximum atomic E-state index is 13.2. The van der Waals surface area contributed by atoms with Crippen LogP contribution in [0.25, 0.3) is 0 Å². The minimum atomic E-state index is -3.92. The van der Waals surface area contributed by atoms with Crippen LogP contribution in [-0.2, 0) is 25.9 Å². The summed E-state index contributed by atoms with van der Waals surface area (Å²) < 4.78 is 45.2. The number of amides is 1. The minimum absolute atomic E-state index is 0.0206. The molecule has 0 spiro atoms. The number of allylic oxidation sites excluding steroid dienone is 1. The first-order valence-electron chi connectivity index (χ1n) is 16.0. The number of sulfonamides is 1. The number of nitrogens with zero attached hydrogens (tertiary/aromatic N) is 2. The number of aromatic nitrogens is 1. The van der Waals surface area contributed by atoms with E-state index in [4.69, 9.17) is 30.8 Å². The summed E-state index contributed by atoms with van der Waals surface area (Å²) in [5, 5.41) is -0.0886. The molecule has 45 heavy (non-hydrogen) atoms. The standard InChI is InChI=1S/C34H48ClN3O6S/c1-6-8-10-31(43-5)29-13-11-25(29)20-38-21-26(28-14-12-27(35)19-24(28)9-7-2)22-44-32-16-15-30(36-33(32)38)34(39)37-45(40,41)23(3)17-18-42-4/h8,10,12,14-16,19,23,25-26,29,31H,6-7,9,11,13,17-18,20-22H2,1-5H3,(H,37,39)/b10-8+/t23?,25-,26?,29?,31?/m0/s1. The molecule has 0 bridgehead atoms. The number of methoxy groups -OCH3 is 2. The molecule has 5 atom stereocenters. The Balaban J connectivity index is 1.66. The predicted molar refractivity (Wildman–Crippen MR) is 179 cm³/mol. The molecule has 1 aliphatic heterocycles. The quantitative estimate of drug-likeness (QED) is 0.226. The van der Waals surface area contributed by atoms with Gasteiger partial charge in [0.25, 0.3) is 5.91 Å². The average molecular weight is 662 g/mol. The van der Waals surface area contributed by atoms with Gasteiger partial charge in [0.1, 0.15) is 5.69 Å². The van der Waals surface area contributed by atoms with Crippen LogP contribution in [0.5, 0.6) is 5.75 Å². The molecule has 1 aliphatic carbocycles. The van der Waals surface area contributed by atoms with Crippen molar-refractivity contribution in [1.29, 1.82) is 0 Å². The lowest BCUT2D eigenvalue weighted by atomic mass is 9.70. The summed E-state index contributed by atoms with van der Waals surface area (Å²) in [5.74, 6) is 1.10. The number of hydrogen-bond acceptors (Lipinski definition) is 8. The van der Waals surface area contributed by atoms with Crippen molar-refractivity contribution >= 4 is 33.3 Å². The van der Waals surface area contributed by atoms with Gasteiger partial charge in [-0.25, -0.2) is 18.1 Å². The molecular weight excluding hydrogens is 614 g/mol. The Bertz CT molecular complexity index is 1440. The molecule has 1 N–H and O–H groups in total. The van der Waals surface area contributed by atoms with Crippen LogP contribution in [0.1, 0.15) is 80.4 Å². The van der Waals surface area contributed by atoms with Crippen LogP contribution < -0.4 is 14.4 Å². The molecule has 1 aromatic carbocycles. The molecule has 1 amide bonds. The van der Waals surface area contributed by atoms with Crippen molar-refractivity contribution in [3.05, 3.63) is 64.3 Å². The summed E-state index contributed by atoms with van der Waals surface area (Å²) in [6.07, 6.45) is 9.60. The lowest BCUT2D eigenvalue weighted by Gasteiger charge is -2.43. The van der Waals surface area contributed by atoms with E-state index in [0.717, 1.165) is 32.1 Å². The minimum Gasteiger partial charge on any atom is -0.489 e. The average Bonchev–Trinajstić information content (AvgIpc) is 3.19. The number of fused-ring (bicyclic) bond motifs is 1. The van der Waals surface area contributed by atoms with Crippen molar-refractivity contribution < 1.29 is 27.4 Å². The van der Waals surface area contributed by atoms with Gasteiger partial charge in [-0.05, 0) is 86.3 Å². The van der Waals surface area contributed by atoms with Crippen LogP contribution in [0.15, 0.2) is 42.5 Å². The Kier molecular flexibility index (Phi) is 12.7. The van der Waals surface area contributed by atoms with Gasteiger partial charge in [0.05, 0.1) is 18.0 Å². The topological polar surface area (TPSA) is 107 Å². The lowest BCUT2D eigenvalue weighted by Crippen LogP contribution is -2.44. The van der Waals surface area contributed by atoms with Crippen molar-refractivity contribution in [2.45, 2.75) is 76.6 Å². The molecule has 4 rings (SSSR count). The van der Waals surface area contributed by atoms with Crippen LogP contribution in [0, 0.1) is 11.8 Å². The number of halogens is 1. The summed E-state index contributed by atoms with van der Waals surface area (Å²) in [5.41, 5.74) is 2.42. The molecule has 2 aliphatic rings. The van der Waals surface area contributed by atoms with Gasteiger partial charge in [0.15, 0.2) is 11.6 Å². The second-order valence-corrected chi connectivity index (χ2v) is 14.7. The SMILES string of the molecule is CC/C=C/C(OC)C1CC[C@H]1CN1CC(c2ccc(Cl)cc2CCC)COc2ccc(C(=O)NS(=O)(=O)C(C)CCOC)nc21. The van der Waals surface area contributed by atoms with Gasteiger partial charge in [-0.2, -0.15) is 0 Å². The first kappa shape index (κ1) is 35.2. The summed E-state index contributed by atoms with van der Waals surface area (Å²) in [6, 6.07) is 9.32. The van der Waals surface area contributed by atoms with Crippen LogP contribution in [0.2, 0.25) is 5.02 Å². The lowest BCUT2D eigenvalue weighted by molar-refractivity contribution is 0.0134. The van der Waals surface area contributed by atoms with E-state index >= 15 is 0 Å². The van der Waals surface area contributed by atoms with Crippen molar-refractivity contribution in [2.75, 3.05) is 45.4 Å². The number of rotatable bonds is 15. The van der Waals surface area contributed by atoms with E-state index in [1.165, 1.54) is 24.3 Å². The molecule has 4 unspecified atom stereocenters. The molecule has 11 heteroatoms. The van der Waals surface area contributed by atoms with Crippen molar-refractivity contribution in [3.8, 4) is 5.75 Å². The van der Waals surface area contributed by atoms with E-state index in [9.17, 15) is 13.2 Å². The highest BCUT2D eigenvalue weighted by Crippen LogP contribution is 2.42. The zero-order valence-electron chi connectivity index (χ0n) is 27.1. The molecule has 1 saturated carbocycles. The molecule has 1 fully saturated rings. The Morgan fingerprint density at radius 3 is 2.69 bits per heavy atom. The number of pyridine rings is 1. The molecule has 9 nitrogen and oxygen atoms in total. The van der Waals surface area contributed by atoms with Gasteiger partial charge in [0.2, 0.25) is 10.0 Å². The van der Waals surface area contributed by atoms with E-state index in [2.05, 4.69) is 41.7 Å². The van der Waals surface area contributed by atoms with Gasteiger partial charge in [0, 0.05) is 44.9 Å². The highest BCUT2D eigenvalue weighted by Gasteiger charge is 2.39. The number of ether oxygens (including phenoxy) is 3. The fraction of sp³-hybridized carbons (Fsp3) is 0.588. The third-order valence-electron chi connectivity index (χ3n) is 9.00. The zero-order valence-corrected chi connectivity index (χ0v) is 28.7. The monoisotopic (exact) mass is 661 g/mol. The Morgan fingerprint density at radius 2 is 2.02 bits per heavy atom. The highest BCUT2D eigenvalue weighted by molar-refractivity contribution is 7.90. The molecule has 1 aromatic heterocycles. The van der Waals surface area contributed by atoms with Crippen LogP contribution >= 0.6 is 11.6 Å². The summed E-state index contributed by atoms with van der Waals surface area (Å²) in [6.45, 7) is 7.87. The van der Waals surface area contributed by atoms with Gasteiger partial charge in [-0.3, -0.25) is 4.79 Å². The van der Waals surface area contributed by atoms with Crippen molar-refractivity contribution in [3.63, 3.8) is 0 Å². The largest absolute Gasteiger partial charge is 0.489 e. The molecule has 0 saturated heterocycles. The zero-order chi connectivity index (χ0) is 32.6. The number of carbonyl (C=O) groups is 1. The van der Waals surface area contributed by atoms with Crippen molar-refractivity contribution in [1.82, 2.24) is 9.71 Å².